The number of ether oxygens (including phenoxy) is 1. The first-order valence-corrected chi connectivity index (χ1v) is 7.41. The van der Waals surface area contributed by atoms with Gasteiger partial charge in [-0.3, -0.25) is 0 Å². The molecule has 2 N–H and O–H groups in total. The summed E-state index contributed by atoms with van der Waals surface area (Å²) < 4.78 is 6.94. The predicted molar refractivity (Wildman–Crippen MR) is 80.2 cm³/mol. The molecule has 0 spiro atoms. The summed E-state index contributed by atoms with van der Waals surface area (Å²) in [5.41, 5.74) is 6.75. The molecule has 1 atom stereocenters. The van der Waals surface area contributed by atoms with Crippen LogP contribution in [0, 0.1) is 11.3 Å². The Bertz CT molecular complexity index is 574. The van der Waals surface area contributed by atoms with Crippen LogP contribution in [-0.2, 0) is 6.42 Å². The SMILES string of the molecule is N#CCc1ccc(OC(CN)c2ccc(Br)s2)cc1. The molecule has 1 heterocycles. The molecule has 19 heavy (non-hydrogen) atoms. The van der Waals surface area contributed by atoms with Crippen molar-refractivity contribution in [3.8, 4) is 11.8 Å². The van der Waals surface area contributed by atoms with Crippen LogP contribution in [0.15, 0.2) is 40.2 Å². The molecule has 2 aromatic rings. The van der Waals surface area contributed by atoms with E-state index in [4.69, 9.17) is 15.7 Å². The lowest BCUT2D eigenvalue weighted by Gasteiger charge is -2.16. The molecular weight excluding hydrogens is 324 g/mol. The lowest BCUT2D eigenvalue weighted by atomic mass is 10.1. The standard InChI is InChI=1S/C14H13BrN2OS/c15-14-6-5-13(19-14)12(9-17)18-11-3-1-10(2-4-11)7-8-16/h1-6,12H,7,9,17H2. The molecule has 0 radical (unpaired) electrons. The van der Waals surface area contributed by atoms with Crippen LogP contribution in [0.2, 0.25) is 0 Å². The van der Waals surface area contributed by atoms with Gasteiger partial charge in [0.25, 0.3) is 0 Å². The van der Waals surface area contributed by atoms with Crippen molar-refractivity contribution in [1.82, 2.24) is 0 Å². The monoisotopic (exact) mass is 336 g/mol. The molecule has 0 saturated heterocycles. The van der Waals surface area contributed by atoms with Gasteiger partial charge in [0.1, 0.15) is 11.9 Å². The van der Waals surface area contributed by atoms with E-state index < -0.39 is 0 Å². The second kappa shape index (κ2) is 6.71. The molecule has 3 nitrogen and oxygen atoms in total. The van der Waals surface area contributed by atoms with Crippen molar-refractivity contribution in [3.63, 3.8) is 0 Å². The number of nitrogens with two attached hydrogens (primary N) is 1. The Labute approximate surface area is 124 Å². The molecule has 0 aliphatic heterocycles. The van der Waals surface area contributed by atoms with Gasteiger partial charge in [-0.25, -0.2) is 0 Å². The van der Waals surface area contributed by atoms with Crippen LogP contribution in [0.5, 0.6) is 5.75 Å². The smallest absolute Gasteiger partial charge is 0.145 e. The molecule has 5 heteroatoms. The number of nitrogens with zero attached hydrogens (tertiary/aromatic N) is 1. The highest BCUT2D eigenvalue weighted by atomic mass is 79.9. The molecule has 1 aromatic carbocycles. The van der Waals surface area contributed by atoms with E-state index >= 15 is 0 Å². The van der Waals surface area contributed by atoms with E-state index in [1.807, 2.05) is 36.4 Å². The highest BCUT2D eigenvalue weighted by Gasteiger charge is 2.13. The van der Waals surface area contributed by atoms with Crippen molar-refractivity contribution in [1.29, 1.82) is 5.26 Å². The summed E-state index contributed by atoms with van der Waals surface area (Å²) >= 11 is 5.05. The number of hydrogen-bond acceptors (Lipinski definition) is 4. The largest absolute Gasteiger partial charge is 0.484 e. The summed E-state index contributed by atoms with van der Waals surface area (Å²) in [6.07, 6.45) is 0.275. The fourth-order valence-corrected chi connectivity index (χ4v) is 3.13. The maximum Gasteiger partial charge on any atom is 0.145 e. The normalized spacial score (nSPS) is 11.8. The van der Waals surface area contributed by atoms with Gasteiger partial charge in [0.2, 0.25) is 0 Å². The third-order valence-electron chi connectivity index (χ3n) is 2.61. The summed E-state index contributed by atoms with van der Waals surface area (Å²) in [6.45, 7) is 0.424. The topological polar surface area (TPSA) is 59.0 Å². The number of halogens is 1. The van der Waals surface area contributed by atoms with Crippen LogP contribution in [0.25, 0.3) is 0 Å². The summed E-state index contributed by atoms with van der Waals surface area (Å²) in [5, 5.41) is 8.62. The Morgan fingerprint density at radius 3 is 2.53 bits per heavy atom. The lowest BCUT2D eigenvalue weighted by Crippen LogP contribution is -2.17. The zero-order chi connectivity index (χ0) is 13.7. The molecule has 2 rings (SSSR count). The molecule has 0 saturated carbocycles. The van der Waals surface area contributed by atoms with E-state index in [1.54, 1.807) is 11.3 Å². The minimum atomic E-state index is -0.141. The maximum atomic E-state index is 8.62. The van der Waals surface area contributed by atoms with Gasteiger partial charge >= 0.3 is 0 Å². The molecule has 0 bridgehead atoms. The molecule has 1 unspecified atom stereocenters. The van der Waals surface area contributed by atoms with Crippen molar-refractivity contribution < 1.29 is 4.74 Å². The molecule has 0 fully saturated rings. The third kappa shape index (κ3) is 3.80. The fourth-order valence-electron chi connectivity index (χ4n) is 1.67. The predicted octanol–water partition coefficient (Wildman–Crippen LogP) is 3.66. The van der Waals surface area contributed by atoms with Crippen molar-refractivity contribution in [2.75, 3.05) is 6.54 Å². The first kappa shape index (κ1) is 14.1. The second-order valence-electron chi connectivity index (χ2n) is 3.96. The second-order valence-corrected chi connectivity index (χ2v) is 6.46. The number of nitriles is 1. The Morgan fingerprint density at radius 1 is 1.26 bits per heavy atom. The molecule has 0 aliphatic rings. The molecule has 98 valence electrons. The van der Waals surface area contributed by atoms with Gasteiger partial charge in [-0.15, -0.1) is 11.3 Å². The van der Waals surface area contributed by atoms with E-state index in [2.05, 4.69) is 22.0 Å². The van der Waals surface area contributed by atoms with E-state index in [0.717, 1.165) is 20.0 Å². The zero-order valence-corrected chi connectivity index (χ0v) is 12.6. The van der Waals surface area contributed by atoms with Crippen LogP contribution in [0.1, 0.15) is 16.5 Å². The summed E-state index contributed by atoms with van der Waals surface area (Å²) in [6, 6.07) is 13.7. The van der Waals surface area contributed by atoms with E-state index in [-0.39, 0.29) is 6.10 Å². The van der Waals surface area contributed by atoms with Crippen LogP contribution in [0.4, 0.5) is 0 Å². The number of thiophene rings is 1. The Hall–Kier alpha value is -1.35. The summed E-state index contributed by atoms with van der Waals surface area (Å²) in [7, 11) is 0. The van der Waals surface area contributed by atoms with E-state index in [9.17, 15) is 0 Å². The average molecular weight is 337 g/mol. The van der Waals surface area contributed by atoms with Crippen molar-refractivity contribution in [2.45, 2.75) is 12.5 Å². The Balaban J connectivity index is 2.08. The minimum Gasteiger partial charge on any atom is -0.484 e. The summed E-state index contributed by atoms with van der Waals surface area (Å²) in [5.74, 6) is 0.765. The van der Waals surface area contributed by atoms with Crippen molar-refractivity contribution >= 4 is 27.3 Å². The quantitative estimate of drug-likeness (QED) is 0.906. The average Bonchev–Trinajstić information content (AvgIpc) is 2.85. The lowest BCUT2D eigenvalue weighted by molar-refractivity contribution is 0.218. The van der Waals surface area contributed by atoms with Crippen molar-refractivity contribution in [3.05, 3.63) is 50.6 Å². The van der Waals surface area contributed by atoms with Gasteiger partial charge in [-0.05, 0) is 45.8 Å². The number of benzene rings is 1. The van der Waals surface area contributed by atoms with Crippen LogP contribution >= 0.6 is 27.3 Å². The number of hydrogen-bond donors (Lipinski definition) is 1. The van der Waals surface area contributed by atoms with Crippen LogP contribution in [0.3, 0.4) is 0 Å². The maximum absolute atomic E-state index is 8.62. The Morgan fingerprint density at radius 2 is 2.00 bits per heavy atom. The first-order valence-electron chi connectivity index (χ1n) is 5.80. The highest BCUT2D eigenvalue weighted by molar-refractivity contribution is 9.11. The zero-order valence-electron chi connectivity index (χ0n) is 10.2. The van der Waals surface area contributed by atoms with Crippen LogP contribution < -0.4 is 10.5 Å². The van der Waals surface area contributed by atoms with Crippen molar-refractivity contribution in [2.24, 2.45) is 5.73 Å². The highest BCUT2D eigenvalue weighted by Crippen LogP contribution is 2.30. The van der Waals surface area contributed by atoms with Gasteiger partial charge in [0, 0.05) is 11.4 Å². The molecule has 0 amide bonds. The molecule has 1 aromatic heterocycles. The van der Waals surface area contributed by atoms with E-state index in [1.165, 1.54) is 0 Å². The van der Waals surface area contributed by atoms with Gasteiger partial charge in [0.15, 0.2) is 0 Å². The molecule has 0 aliphatic carbocycles. The summed E-state index contributed by atoms with van der Waals surface area (Å²) in [4.78, 5) is 1.09. The van der Waals surface area contributed by atoms with E-state index in [0.29, 0.717) is 13.0 Å². The fraction of sp³-hybridized carbons (Fsp3) is 0.214. The molecular formula is C14H13BrN2OS. The van der Waals surface area contributed by atoms with Gasteiger partial charge in [-0.2, -0.15) is 5.26 Å². The Kier molecular flexibility index (Phi) is 4.97. The first-order chi connectivity index (χ1) is 9.22. The minimum absolute atomic E-state index is 0.141. The third-order valence-corrected chi connectivity index (χ3v) is 4.33. The number of rotatable bonds is 5. The van der Waals surface area contributed by atoms with Crippen LogP contribution in [-0.4, -0.2) is 6.54 Å². The van der Waals surface area contributed by atoms with Gasteiger partial charge in [-0.1, -0.05) is 12.1 Å². The van der Waals surface area contributed by atoms with Gasteiger partial charge < -0.3 is 10.5 Å². The van der Waals surface area contributed by atoms with Gasteiger partial charge in [0.05, 0.1) is 16.3 Å².